The molecule has 6 nitrogen and oxygen atoms in total. The molecule has 19 heavy (non-hydrogen) atoms. The summed E-state index contributed by atoms with van der Waals surface area (Å²) in [6, 6.07) is 6.75. The number of hydrogen-bond donors (Lipinski definition) is 3. The summed E-state index contributed by atoms with van der Waals surface area (Å²) in [6.07, 6.45) is 1.62. The van der Waals surface area contributed by atoms with E-state index in [4.69, 9.17) is 5.11 Å². The summed E-state index contributed by atoms with van der Waals surface area (Å²) in [5, 5.41) is 21.0. The van der Waals surface area contributed by atoms with E-state index in [1.807, 2.05) is 0 Å². The van der Waals surface area contributed by atoms with Crippen LogP contribution in [-0.2, 0) is 17.8 Å². The third-order valence-electron chi connectivity index (χ3n) is 2.84. The van der Waals surface area contributed by atoms with Crippen LogP contribution >= 0.6 is 0 Å². The summed E-state index contributed by atoms with van der Waals surface area (Å²) >= 11 is 0. The maximum atomic E-state index is 12.0. The van der Waals surface area contributed by atoms with E-state index in [1.165, 1.54) is 10.9 Å². The van der Waals surface area contributed by atoms with E-state index in [0.29, 0.717) is 11.1 Å². The number of aromatic amines is 1. The number of carbonyl (C=O) groups is 1. The number of aromatic nitrogens is 2. The second-order valence-corrected chi connectivity index (χ2v) is 4.21. The predicted octanol–water partition coefficient (Wildman–Crippen LogP) is 0.947. The molecule has 6 heteroatoms. The van der Waals surface area contributed by atoms with Crippen LogP contribution in [0.25, 0.3) is 0 Å². The third kappa shape index (κ3) is 3.04. The van der Waals surface area contributed by atoms with Gasteiger partial charge in [-0.15, -0.1) is 0 Å². The highest BCUT2D eigenvalue weighted by atomic mass is 16.4. The second-order valence-electron chi connectivity index (χ2n) is 4.21. The summed E-state index contributed by atoms with van der Waals surface area (Å²) in [4.78, 5) is 22.4. The van der Waals surface area contributed by atoms with Crippen LogP contribution in [0, 0.1) is 0 Å². The Bertz CT molecular complexity index is 642. The Kier molecular flexibility index (Phi) is 3.70. The highest BCUT2D eigenvalue weighted by molar-refractivity contribution is 5.67. The number of phenolic OH excluding ortho intramolecular Hbond substituents is 1. The molecule has 0 saturated heterocycles. The third-order valence-corrected chi connectivity index (χ3v) is 2.84. The Labute approximate surface area is 108 Å². The van der Waals surface area contributed by atoms with Gasteiger partial charge in [0.1, 0.15) is 5.75 Å². The van der Waals surface area contributed by atoms with Crippen molar-refractivity contribution in [2.45, 2.75) is 19.4 Å². The van der Waals surface area contributed by atoms with Gasteiger partial charge >= 0.3 is 5.97 Å². The number of H-pyrrole nitrogens is 1. The Balaban J connectivity index is 2.17. The number of hydrogen-bond acceptors (Lipinski definition) is 3. The molecular weight excluding hydrogens is 248 g/mol. The minimum absolute atomic E-state index is 0.0797. The molecule has 0 spiro atoms. The lowest BCUT2D eigenvalue weighted by Gasteiger charge is -2.04. The van der Waals surface area contributed by atoms with Crippen molar-refractivity contribution in [1.82, 2.24) is 9.78 Å². The number of carboxylic acids is 1. The first-order valence-electron chi connectivity index (χ1n) is 5.83. The summed E-state index contributed by atoms with van der Waals surface area (Å²) in [6.45, 7) is 0.221. The smallest absolute Gasteiger partial charge is 0.303 e. The first-order chi connectivity index (χ1) is 9.08. The predicted molar refractivity (Wildman–Crippen MR) is 68.2 cm³/mol. The molecular formula is C13H14N2O4. The number of rotatable bonds is 5. The van der Waals surface area contributed by atoms with Gasteiger partial charge in [0.2, 0.25) is 0 Å². The zero-order valence-corrected chi connectivity index (χ0v) is 10.2. The lowest BCUT2D eigenvalue weighted by atomic mass is 10.2. The van der Waals surface area contributed by atoms with Crippen LogP contribution in [0.2, 0.25) is 0 Å². The molecule has 0 aliphatic heterocycles. The summed E-state index contributed by atoms with van der Waals surface area (Å²) in [5.74, 6) is -0.816. The topological polar surface area (TPSA) is 95.3 Å². The number of aliphatic carboxylic acids is 1. The largest absolute Gasteiger partial charge is 0.508 e. The molecule has 0 saturated carbocycles. The van der Waals surface area contributed by atoms with Crippen molar-refractivity contribution < 1.29 is 15.0 Å². The molecule has 0 fully saturated rings. The Morgan fingerprint density at radius 1 is 1.26 bits per heavy atom. The lowest BCUT2D eigenvalue weighted by Crippen LogP contribution is -2.20. The maximum absolute atomic E-state index is 12.0. The number of nitrogens with one attached hydrogen (secondary N) is 1. The van der Waals surface area contributed by atoms with E-state index >= 15 is 0 Å². The maximum Gasteiger partial charge on any atom is 0.303 e. The van der Waals surface area contributed by atoms with Gasteiger partial charge in [-0.3, -0.25) is 9.59 Å². The van der Waals surface area contributed by atoms with Crippen molar-refractivity contribution in [3.63, 3.8) is 0 Å². The van der Waals surface area contributed by atoms with Crippen molar-refractivity contribution in [2.75, 3.05) is 0 Å². The molecule has 0 unspecified atom stereocenters. The molecule has 3 N–H and O–H groups in total. The fourth-order valence-electron chi connectivity index (χ4n) is 1.80. The van der Waals surface area contributed by atoms with E-state index in [-0.39, 0.29) is 30.7 Å². The van der Waals surface area contributed by atoms with Gasteiger partial charge in [-0.2, -0.15) is 0 Å². The molecule has 100 valence electrons. The molecule has 1 aromatic carbocycles. The molecule has 0 atom stereocenters. The number of benzene rings is 1. The average molecular weight is 262 g/mol. The van der Waals surface area contributed by atoms with Crippen LogP contribution < -0.4 is 5.56 Å². The van der Waals surface area contributed by atoms with E-state index in [9.17, 15) is 14.7 Å². The van der Waals surface area contributed by atoms with Gasteiger partial charge in [-0.25, -0.2) is 4.68 Å². The van der Waals surface area contributed by atoms with Crippen LogP contribution in [0.15, 0.2) is 35.3 Å². The second kappa shape index (κ2) is 5.43. The van der Waals surface area contributed by atoms with Crippen molar-refractivity contribution in [2.24, 2.45) is 0 Å². The normalized spacial score (nSPS) is 10.5. The molecule has 0 amide bonds. The SMILES string of the molecule is O=C(O)CCc1c[nH]n(Cc2ccccc2O)c1=O. The van der Waals surface area contributed by atoms with Gasteiger partial charge in [-0.05, 0) is 12.5 Å². The molecule has 1 heterocycles. The van der Waals surface area contributed by atoms with E-state index in [0.717, 1.165) is 0 Å². The summed E-state index contributed by atoms with van der Waals surface area (Å²) in [7, 11) is 0. The highest BCUT2D eigenvalue weighted by Gasteiger charge is 2.09. The molecule has 0 radical (unpaired) electrons. The van der Waals surface area contributed by atoms with Gasteiger partial charge in [0, 0.05) is 23.7 Å². The standard InChI is InChI=1S/C13H14N2O4/c16-11-4-2-1-3-10(11)8-15-13(19)9(7-14-15)5-6-12(17)18/h1-4,7,14,16H,5-6,8H2,(H,17,18). The molecule has 2 aromatic rings. The lowest BCUT2D eigenvalue weighted by molar-refractivity contribution is -0.136. The summed E-state index contributed by atoms with van der Waals surface area (Å²) < 4.78 is 1.34. The van der Waals surface area contributed by atoms with Gasteiger partial charge in [0.25, 0.3) is 5.56 Å². The number of aromatic hydroxyl groups is 1. The van der Waals surface area contributed by atoms with Crippen LogP contribution in [0.3, 0.4) is 0 Å². The van der Waals surface area contributed by atoms with Crippen molar-refractivity contribution in [3.05, 3.63) is 51.9 Å². The molecule has 1 aromatic heterocycles. The first-order valence-corrected chi connectivity index (χ1v) is 5.83. The number of para-hydroxylation sites is 1. The van der Waals surface area contributed by atoms with Gasteiger partial charge in [0.15, 0.2) is 0 Å². The van der Waals surface area contributed by atoms with Crippen LogP contribution in [0.1, 0.15) is 17.5 Å². The average Bonchev–Trinajstić information content (AvgIpc) is 2.71. The Morgan fingerprint density at radius 3 is 2.68 bits per heavy atom. The molecule has 0 aliphatic carbocycles. The molecule has 0 bridgehead atoms. The van der Waals surface area contributed by atoms with E-state index in [1.54, 1.807) is 24.3 Å². The van der Waals surface area contributed by atoms with E-state index in [2.05, 4.69) is 5.10 Å². The van der Waals surface area contributed by atoms with Crippen molar-refractivity contribution in [1.29, 1.82) is 0 Å². The Morgan fingerprint density at radius 2 is 2.00 bits per heavy atom. The fraction of sp³-hybridized carbons (Fsp3) is 0.231. The molecule has 0 aliphatic rings. The van der Waals surface area contributed by atoms with Crippen molar-refractivity contribution in [3.8, 4) is 5.75 Å². The highest BCUT2D eigenvalue weighted by Crippen LogP contribution is 2.15. The minimum atomic E-state index is -0.937. The summed E-state index contributed by atoms with van der Waals surface area (Å²) in [5.41, 5.74) is 0.790. The zero-order valence-electron chi connectivity index (χ0n) is 10.2. The molecule has 2 rings (SSSR count). The number of carboxylic acid groups (broad SMARTS) is 1. The number of phenols is 1. The van der Waals surface area contributed by atoms with Crippen LogP contribution in [0.5, 0.6) is 5.75 Å². The first kappa shape index (κ1) is 12.9. The van der Waals surface area contributed by atoms with Crippen LogP contribution in [-0.4, -0.2) is 26.0 Å². The van der Waals surface area contributed by atoms with Gasteiger partial charge in [0.05, 0.1) is 6.54 Å². The van der Waals surface area contributed by atoms with Gasteiger partial charge < -0.3 is 15.3 Å². The monoisotopic (exact) mass is 262 g/mol. The van der Waals surface area contributed by atoms with Crippen molar-refractivity contribution >= 4 is 5.97 Å². The quantitative estimate of drug-likeness (QED) is 0.747. The zero-order chi connectivity index (χ0) is 13.8. The van der Waals surface area contributed by atoms with E-state index < -0.39 is 5.97 Å². The fourth-order valence-corrected chi connectivity index (χ4v) is 1.80. The number of nitrogens with zero attached hydrogens (tertiary/aromatic N) is 1. The number of aryl methyl sites for hydroxylation is 1. The van der Waals surface area contributed by atoms with Gasteiger partial charge in [-0.1, -0.05) is 18.2 Å². The van der Waals surface area contributed by atoms with Crippen LogP contribution in [0.4, 0.5) is 0 Å². The Hall–Kier alpha value is -2.50. The minimum Gasteiger partial charge on any atom is -0.508 e.